The minimum Gasteiger partial charge on any atom is -0.455 e. The number of rotatable bonds is 5. The molecule has 10 heteroatoms. The van der Waals surface area contributed by atoms with E-state index in [0.29, 0.717) is 22.1 Å². The molecule has 0 amide bonds. The topological polar surface area (TPSA) is 88.1 Å². The molecule has 0 aliphatic carbocycles. The third kappa shape index (κ3) is 3.94. The first-order valence-electron chi connectivity index (χ1n) is 9.39. The van der Waals surface area contributed by atoms with Crippen LogP contribution in [0.2, 0.25) is 5.02 Å². The van der Waals surface area contributed by atoms with Crippen LogP contribution in [0.25, 0.3) is 10.2 Å². The first-order chi connectivity index (χ1) is 14.8. The van der Waals surface area contributed by atoms with Gasteiger partial charge in [-0.3, -0.25) is 18.6 Å². The van der Waals surface area contributed by atoms with Gasteiger partial charge in [0.2, 0.25) is 0 Å². The van der Waals surface area contributed by atoms with Crippen LogP contribution in [0.4, 0.5) is 0 Å². The molecule has 0 radical (unpaired) electrons. The van der Waals surface area contributed by atoms with Crippen LogP contribution in [0.3, 0.4) is 0 Å². The van der Waals surface area contributed by atoms with E-state index in [1.165, 1.54) is 36.1 Å². The Morgan fingerprint density at radius 3 is 2.65 bits per heavy atom. The number of carbonyl (C=O) groups excluding carboxylic acids is 1. The molecule has 31 heavy (non-hydrogen) atoms. The summed E-state index contributed by atoms with van der Waals surface area (Å²) in [5, 5.41) is 6.08. The summed E-state index contributed by atoms with van der Waals surface area (Å²) in [5.74, 6) is -0.530. The lowest BCUT2D eigenvalue weighted by Gasteiger charge is -2.09. The van der Waals surface area contributed by atoms with Crippen molar-refractivity contribution in [1.29, 1.82) is 0 Å². The fraction of sp³-hybridized carbons (Fsp3) is 0.238. The molecule has 0 aliphatic heterocycles. The van der Waals surface area contributed by atoms with Gasteiger partial charge in [-0.2, -0.15) is 5.10 Å². The molecule has 3 aromatic heterocycles. The fourth-order valence-electron chi connectivity index (χ4n) is 3.24. The summed E-state index contributed by atoms with van der Waals surface area (Å²) in [5.41, 5.74) is 1.12. The number of halogens is 1. The number of nitrogens with zero attached hydrogens (tertiary/aromatic N) is 4. The van der Waals surface area contributed by atoms with Gasteiger partial charge in [-0.05, 0) is 24.6 Å². The molecule has 0 N–H and O–H groups in total. The highest BCUT2D eigenvalue weighted by Gasteiger charge is 2.18. The van der Waals surface area contributed by atoms with Crippen LogP contribution in [0.5, 0.6) is 0 Å². The second kappa shape index (κ2) is 8.16. The van der Waals surface area contributed by atoms with Crippen molar-refractivity contribution in [3.8, 4) is 0 Å². The Balaban J connectivity index is 1.58. The molecular weight excluding hydrogens is 440 g/mol. The zero-order valence-corrected chi connectivity index (χ0v) is 18.7. The zero-order valence-electron chi connectivity index (χ0n) is 17.1. The van der Waals surface area contributed by atoms with Crippen LogP contribution in [0.15, 0.2) is 46.0 Å². The van der Waals surface area contributed by atoms with Gasteiger partial charge in [0.15, 0.2) is 0 Å². The molecule has 0 atom stereocenters. The zero-order chi connectivity index (χ0) is 22.3. The van der Waals surface area contributed by atoms with E-state index in [9.17, 15) is 14.4 Å². The molecule has 8 nitrogen and oxygen atoms in total. The van der Waals surface area contributed by atoms with Gasteiger partial charge < -0.3 is 4.74 Å². The van der Waals surface area contributed by atoms with Crippen LogP contribution in [-0.2, 0) is 32.0 Å². The van der Waals surface area contributed by atoms with Crippen LogP contribution in [0, 0.1) is 6.92 Å². The minimum absolute atomic E-state index is 0.181. The van der Waals surface area contributed by atoms with Crippen LogP contribution < -0.4 is 11.2 Å². The van der Waals surface area contributed by atoms with Crippen molar-refractivity contribution in [2.45, 2.75) is 20.1 Å². The van der Waals surface area contributed by atoms with Gasteiger partial charge >= 0.3 is 11.7 Å². The molecule has 0 unspecified atom stereocenters. The van der Waals surface area contributed by atoms with Gasteiger partial charge in [-0.25, -0.2) is 9.59 Å². The number of aromatic nitrogens is 4. The summed E-state index contributed by atoms with van der Waals surface area (Å²) in [6.07, 6.45) is 0. The number of esters is 1. The summed E-state index contributed by atoms with van der Waals surface area (Å²) < 4.78 is 9.47. The summed E-state index contributed by atoms with van der Waals surface area (Å²) >= 11 is 7.55. The third-order valence-corrected chi connectivity index (χ3v) is 6.56. The molecule has 0 saturated carbocycles. The fourth-order valence-corrected chi connectivity index (χ4v) is 4.49. The van der Waals surface area contributed by atoms with E-state index in [4.69, 9.17) is 16.3 Å². The number of hydrogen-bond donors (Lipinski definition) is 0. The maximum Gasteiger partial charge on any atom is 0.348 e. The molecule has 1 aromatic carbocycles. The summed E-state index contributed by atoms with van der Waals surface area (Å²) in [6.45, 7) is 2.18. The lowest BCUT2D eigenvalue weighted by molar-refractivity contribution is 0.0468. The smallest absolute Gasteiger partial charge is 0.348 e. The lowest BCUT2D eigenvalue weighted by Crippen LogP contribution is -2.38. The summed E-state index contributed by atoms with van der Waals surface area (Å²) in [6, 6.07) is 10.6. The van der Waals surface area contributed by atoms with E-state index < -0.39 is 17.2 Å². The number of thiophene rings is 1. The number of benzene rings is 1. The molecule has 160 valence electrons. The van der Waals surface area contributed by atoms with E-state index in [-0.39, 0.29) is 6.61 Å². The van der Waals surface area contributed by atoms with Crippen LogP contribution >= 0.6 is 22.9 Å². The highest BCUT2D eigenvalue weighted by atomic mass is 35.5. The summed E-state index contributed by atoms with van der Waals surface area (Å²) in [7, 11) is 2.92. The van der Waals surface area contributed by atoms with Gasteiger partial charge in [0.1, 0.15) is 16.3 Å². The average molecular weight is 459 g/mol. The molecule has 4 aromatic rings. The molecule has 3 heterocycles. The normalized spacial score (nSPS) is 11.2. The number of ether oxygens (including phenoxy) is 1. The van der Waals surface area contributed by atoms with Gasteiger partial charge in [-0.15, -0.1) is 11.3 Å². The molecule has 0 saturated heterocycles. The van der Waals surface area contributed by atoms with Gasteiger partial charge in [0.05, 0.1) is 17.9 Å². The second-order valence-corrected chi connectivity index (χ2v) is 8.55. The Hall–Kier alpha value is -3.17. The monoisotopic (exact) mass is 458 g/mol. The van der Waals surface area contributed by atoms with E-state index >= 15 is 0 Å². The van der Waals surface area contributed by atoms with E-state index in [1.807, 2.05) is 35.9 Å². The Morgan fingerprint density at radius 2 is 1.90 bits per heavy atom. The Morgan fingerprint density at radius 1 is 1.16 bits per heavy atom. The van der Waals surface area contributed by atoms with Crippen molar-refractivity contribution in [1.82, 2.24) is 18.9 Å². The van der Waals surface area contributed by atoms with E-state index in [0.717, 1.165) is 26.0 Å². The van der Waals surface area contributed by atoms with Crippen LogP contribution in [-0.4, -0.2) is 24.9 Å². The van der Waals surface area contributed by atoms with Crippen molar-refractivity contribution in [2.75, 3.05) is 0 Å². The van der Waals surface area contributed by atoms with Crippen molar-refractivity contribution >= 4 is 39.1 Å². The maximum atomic E-state index is 12.6. The quantitative estimate of drug-likeness (QED) is 0.429. The number of carbonyl (C=O) groups is 1. The predicted octanol–water partition coefficient (Wildman–Crippen LogP) is 2.86. The van der Waals surface area contributed by atoms with E-state index in [2.05, 4.69) is 5.10 Å². The maximum absolute atomic E-state index is 12.6. The molecule has 4 rings (SSSR count). The first-order valence-corrected chi connectivity index (χ1v) is 10.6. The standard InChI is InChI=1S/C21H19ClN4O4S/c1-12-15-9-17(20(28)30-11-14-8-18(27)25(3)21(29)24(14)2)31-19(15)26(23-12)10-13-6-4-5-7-16(13)22/h4-9H,10-11H2,1-3H3. The molecule has 0 bridgehead atoms. The van der Waals surface area contributed by atoms with E-state index in [1.54, 1.807) is 6.07 Å². The third-order valence-electron chi connectivity index (χ3n) is 5.06. The van der Waals surface area contributed by atoms with Crippen molar-refractivity contribution in [2.24, 2.45) is 14.1 Å². The SMILES string of the molecule is Cc1nn(Cc2ccccc2Cl)c2sc(C(=O)OCc3cc(=O)n(C)c(=O)n3C)cc12. The number of aryl methyl sites for hydroxylation is 1. The minimum atomic E-state index is -0.530. The summed E-state index contributed by atoms with van der Waals surface area (Å²) in [4.78, 5) is 37.8. The Labute approximate surface area is 185 Å². The van der Waals surface area contributed by atoms with Crippen LogP contribution in [0.1, 0.15) is 26.6 Å². The average Bonchev–Trinajstić information content (AvgIpc) is 3.31. The number of fused-ring (bicyclic) bond motifs is 1. The second-order valence-electron chi connectivity index (χ2n) is 7.11. The largest absolute Gasteiger partial charge is 0.455 e. The highest BCUT2D eigenvalue weighted by Crippen LogP contribution is 2.30. The Bertz CT molecular complexity index is 1430. The van der Waals surface area contributed by atoms with Crippen molar-refractivity contribution in [3.63, 3.8) is 0 Å². The highest BCUT2D eigenvalue weighted by molar-refractivity contribution is 7.20. The van der Waals surface area contributed by atoms with Crippen molar-refractivity contribution < 1.29 is 9.53 Å². The molecular formula is C21H19ClN4O4S. The molecule has 0 spiro atoms. The van der Waals surface area contributed by atoms with Gasteiger partial charge in [0.25, 0.3) is 5.56 Å². The van der Waals surface area contributed by atoms with Crippen molar-refractivity contribution in [3.05, 3.63) is 84.1 Å². The van der Waals surface area contributed by atoms with Gasteiger partial charge in [0, 0.05) is 30.6 Å². The van der Waals surface area contributed by atoms with Gasteiger partial charge in [-0.1, -0.05) is 29.8 Å². The first kappa shape index (κ1) is 21.1. The molecule has 0 fully saturated rings. The molecule has 0 aliphatic rings. The Kier molecular flexibility index (Phi) is 5.55. The number of hydrogen-bond acceptors (Lipinski definition) is 6. The lowest BCUT2D eigenvalue weighted by atomic mass is 10.2. The predicted molar refractivity (Wildman–Crippen MR) is 119 cm³/mol.